The molecule has 10 heteroatoms. The summed E-state index contributed by atoms with van der Waals surface area (Å²) in [6, 6.07) is 1.39. The van der Waals surface area contributed by atoms with Gasteiger partial charge in [-0.2, -0.15) is 0 Å². The van der Waals surface area contributed by atoms with Gasteiger partial charge in [-0.1, -0.05) is 0 Å². The number of esters is 1. The van der Waals surface area contributed by atoms with Crippen LogP contribution in [0.2, 0.25) is 0 Å². The monoisotopic (exact) mass is 401 g/mol. The van der Waals surface area contributed by atoms with Crippen molar-refractivity contribution in [2.24, 2.45) is 0 Å². The first-order chi connectivity index (χ1) is 13.9. The van der Waals surface area contributed by atoms with E-state index in [2.05, 4.69) is 9.88 Å². The van der Waals surface area contributed by atoms with Crippen LogP contribution >= 0.6 is 0 Å². The second-order valence-electron chi connectivity index (χ2n) is 7.48. The van der Waals surface area contributed by atoms with Gasteiger partial charge in [-0.05, 0) is 26.8 Å². The number of likely N-dealkylation sites (N-methyl/N-ethyl adjacent to an activating group) is 1. The molecule has 2 fully saturated rings. The van der Waals surface area contributed by atoms with Gasteiger partial charge in [0.25, 0.3) is 0 Å². The third-order valence-corrected chi connectivity index (χ3v) is 5.40. The maximum atomic E-state index is 12.9. The molecule has 3 heterocycles. The van der Waals surface area contributed by atoms with Crippen molar-refractivity contribution in [1.29, 1.82) is 0 Å². The van der Waals surface area contributed by atoms with Crippen LogP contribution in [0.3, 0.4) is 0 Å². The molecular weight excluding hydrogens is 378 g/mol. The van der Waals surface area contributed by atoms with Crippen LogP contribution in [-0.2, 0) is 4.74 Å². The highest BCUT2D eigenvalue weighted by molar-refractivity contribution is 5.94. The minimum atomic E-state index is -0.723. The standard InChI is InChI=1S/C19H23N5O5/c1-3-29-19(26)14-11-23(12-4-5-12)17-13(16(14)25)10-15(24(27)28)18(20-17)22-8-6-21(2)7-9-22/h10-12H,3-9H2,1-2H3. The zero-order valence-corrected chi connectivity index (χ0v) is 16.5. The number of nitro groups is 1. The van der Waals surface area contributed by atoms with Crippen LogP contribution in [0.5, 0.6) is 0 Å². The van der Waals surface area contributed by atoms with Crippen molar-refractivity contribution in [1.82, 2.24) is 14.5 Å². The number of carbonyl (C=O) groups is 1. The van der Waals surface area contributed by atoms with Gasteiger partial charge in [-0.15, -0.1) is 0 Å². The molecule has 0 atom stereocenters. The second-order valence-corrected chi connectivity index (χ2v) is 7.48. The topological polar surface area (TPSA) is 111 Å². The van der Waals surface area contributed by atoms with Crippen LogP contribution in [0.1, 0.15) is 36.2 Å². The van der Waals surface area contributed by atoms with Gasteiger partial charge in [0, 0.05) is 44.5 Å². The molecule has 0 unspecified atom stereocenters. The van der Waals surface area contributed by atoms with Crippen molar-refractivity contribution in [3.05, 3.63) is 38.2 Å². The van der Waals surface area contributed by atoms with Crippen molar-refractivity contribution in [3.8, 4) is 0 Å². The Balaban J connectivity index is 1.93. The van der Waals surface area contributed by atoms with E-state index in [0.29, 0.717) is 18.7 Å². The fraction of sp³-hybridized carbons (Fsp3) is 0.526. The SMILES string of the molecule is CCOC(=O)c1cn(C2CC2)c2nc(N3CCN(C)CC3)c([N+](=O)[O-])cc2c1=O. The predicted molar refractivity (Wildman–Crippen MR) is 107 cm³/mol. The van der Waals surface area contributed by atoms with E-state index in [1.165, 1.54) is 12.3 Å². The fourth-order valence-electron chi connectivity index (χ4n) is 3.62. The van der Waals surface area contributed by atoms with E-state index >= 15 is 0 Å². The first-order valence-electron chi connectivity index (χ1n) is 9.75. The van der Waals surface area contributed by atoms with Crippen LogP contribution in [0.15, 0.2) is 17.1 Å². The Morgan fingerprint density at radius 2 is 2.00 bits per heavy atom. The largest absolute Gasteiger partial charge is 0.462 e. The first-order valence-corrected chi connectivity index (χ1v) is 9.75. The number of pyridine rings is 2. The minimum absolute atomic E-state index is 0.0760. The Morgan fingerprint density at radius 3 is 2.59 bits per heavy atom. The number of fused-ring (bicyclic) bond motifs is 1. The molecule has 1 saturated heterocycles. The number of piperazine rings is 1. The quantitative estimate of drug-likeness (QED) is 0.422. The van der Waals surface area contributed by atoms with Crippen molar-refractivity contribution in [3.63, 3.8) is 0 Å². The average molecular weight is 401 g/mol. The van der Waals surface area contributed by atoms with Crippen LogP contribution in [0, 0.1) is 10.1 Å². The van der Waals surface area contributed by atoms with E-state index in [1.807, 2.05) is 11.9 Å². The highest BCUT2D eigenvalue weighted by Crippen LogP contribution is 2.38. The van der Waals surface area contributed by atoms with Crippen molar-refractivity contribution < 1.29 is 14.5 Å². The lowest BCUT2D eigenvalue weighted by molar-refractivity contribution is -0.384. The lowest BCUT2D eigenvalue weighted by atomic mass is 10.1. The molecule has 0 aromatic carbocycles. The summed E-state index contributed by atoms with van der Waals surface area (Å²) in [6.45, 7) is 4.57. The molecule has 154 valence electrons. The lowest BCUT2D eigenvalue weighted by Gasteiger charge is -2.33. The minimum Gasteiger partial charge on any atom is -0.462 e. The van der Waals surface area contributed by atoms with Gasteiger partial charge in [0.15, 0.2) is 0 Å². The number of hydrogen-bond donors (Lipinski definition) is 0. The van der Waals surface area contributed by atoms with Gasteiger partial charge >= 0.3 is 11.7 Å². The van der Waals surface area contributed by atoms with Crippen LogP contribution in [0.25, 0.3) is 11.0 Å². The molecule has 2 aromatic heterocycles. The Hall–Kier alpha value is -3.01. The first kappa shape index (κ1) is 19.3. The number of carbonyl (C=O) groups excluding carboxylic acids is 1. The maximum Gasteiger partial charge on any atom is 0.343 e. The van der Waals surface area contributed by atoms with Crippen LogP contribution < -0.4 is 10.3 Å². The van der Waals surface area contributed by atoms with E-state index in [4.69, 9.17) is 4.74 Å². The molecule has 4 rings (SSSR count). The molecule has 2 aliphatic rings. The Bertz CT molecular complexity index is 1040. The summed E-state index contributed by atoms with van der Waals surface area (Å²) >= 11 is 0. The van der Waals surface area contributed by atoms with Gasteiger partial charge in [0.2, 0.25) is 11.2 Å². The molecule has 10 nitrogen and oxygen atoms in total. The van der Waals surface area contributed by atoms with Crippen molar-refractivity contribution in [2.75, 3.05) is 44.7 Å². The number of hydrogen-bond acceptors (Lipinski definition) is 8. The van der Waals surface area contributed by atoms with Crippen molar-refractivity contribution in [2.45, 2.75) is 25.8 Å². The van der Waals surface area contributed by atoms with Gasteiger partial charge in [-0.3, -0.25) is 14.9 Å². The smallest absolute Gasteiger partial charge is 0.343 e. The third-order valence-electron chi connectivity index (χ3n) is 5.40. The predicted octanol–water partition coefficient (Wildman–Crippen LogP) is 1.57. The summed E-state index contributed by atoms with van der Waals surface area (Å²) < 4.78 is 6.80. The molecule has 0 radical (unpaired) electrons. The molecule has 29 heavy (non-hydrogen) atoms. The van der Waals surface area contributed by atoms with Gasteiger partial charge in [0.05, 0.1) is 16.9 Å². The number of aromatic nitrogens is 2. The van der Waals surface area contributed by atoms with E-state index in [0.717, 1.165) is 25.9 Å². The highest BCUT2D eigenvalue weighted by atomic mass is 16.6. The molecule has 0 spiro atoms. The van der Waals surface area contributed by atoms with Crippen LogP contribution in [-0.4, -0.2) is 65.2 Å². The summed E-state index contributed by atoms with van der Waals surface area (Å²) in [7, 11) is 2.00. The second kappa shape index (κ2) is 7.43. The maximum absolute atomic E-state index is 12.9. The van der Waals surface area contributed by atoms with E-state index in [1.54, 1.807) is 11.5 Å². The lowest BCUT2D eigenvalue weighted by Crippen LogP contribution is -2.45. The Labute approximate surface area is 166 Å². The number of nitrogens with zero attached hydrogens (tertiary/aromatic N) is 5. The third kappa shape index (κ3) is 3.55. The molecule has 0 N–H and O–H groups in total. The van der Waals surface area contributed by atoms with E-state index in [9.17, 15) is 19.7 Å². The number of ether oxygens (including phenoxy) is 1. The summed E-state index contributed by atoms with van der Waals surface area (Å²) in [5, 5.41) is 11.8. The average Bonchev–Trinajstić information content (AvgIpc) is 3.53. The normalized spacial score (nSPS) is 17.5. The summed E-state index contributed by atoms with van der Waals surface area (Å²) in [6.07, 6.45) is 3.30. The number of anilines is 1. The fourth-order valence-corrected chi connectivity index (χ4v) is 3.62. The summed E-state index contributed by atoms with van der Waals surface area (Å²) in [5.74, 6) is -0.451. The highest BCUT2D eigenvalue weighted by Gasteiger charge is 2.31. The molecule has 0 amide bonds. The Kier molecular flexibility index (Phi) is 4.95. The molecule has 1 aliphatic carbocycles. The molecule has 2 aromatic rings. The van der Waals surface area contributed by atoms with Crippen LogP contribution in [0.4, 0.5) is 11.5 Å². The number of rotatable bonds is 5. The Morgan fingerprint density at radius 1 is 1.31 bits per heavy atom. The zero-order valence-electron chi connectivity index (χ0n) is 16.5. The molecular formula is C19H23N5O5. The summed E-state index contributed by atoms with van der Waals surface area (Å²) in [4.78, 5) is 45.1. The zero-order chi connectivity index (χ0) is 20.7. The molecule has 1 saturated carbocycles. The van der Waals surface area contributed by atoms with E-state index in [-0.39, 0.29) is 35.1 Å². The molecule has 1 aliphatic heterocycles. The molecule has 0 bridgehead atoms. The van der Waals surface area contributed by atoms with E-state index < -0.39 is 16.3 Å². The van der Waals surface area contributed by atoms with Gasteiger partial charge in [-0.25, -0.2) is 9.78 Å². The summed E-state index contributed by atoms with van der Waals surface area (Å²) in [5.41, 5.74) is -0.543. The van der Waals surface area contributed by atoms with Crippen molar-refractivity contribution >= 4 is 28.5 Å². The van der Waals surface area contributed by atoms with Gasteiger partial charge in [0.1, 0.15) is 11.2 Å². The van der Waals surface area contributed by atoms with Gasteiger partial charge < -0.3 is 19.1 Å².